The van der Waals surface area contributed by atoms with Crippen LogP contribution in [0.2, 0.25) is 0 Å². The number of hydrogen-bond acceptors (Lipinski definition) is 15. The third kappa shape index (κ3) is 7.71. The fraction of sp³-hybridized carbons (Fsp3) is 0.875. The van der Waals surface area contributed by atoms with Gasteiger partial charge in [0.05, 0.1) is 19.3 Å². The number of carbonyl (C=O) groups is 3. The van der Waals surface area contributed by atoms with E-state index in [0.29, 0.717) is 0 Å². The molecule has 42 heavy (non-hydrogen) atoms. The van der Waals surface area contributed by atoms with Gasteiger partial charge in [-0.25, -0.2) is 0 Å². The van der Waals surface area contributed by atoms with Crippen LogP contribution in [-0.4, -0.2) is 159 Å². The first-order valence-corrected chi connectivity index (χ1v) is 13.4. The molecule has 0 aliphatic carbocycles. The fourth-order valence-corrected chi connectivity index (χ4v) is 5.21. The summed E-state index contributed by atoms with van der Waals surface area (Å²) in [6, 6.07) is -4.13. The van der Waals surface area contributed by atoms with Gasteiger partial charge in [0, 0.05) is 20.8 Å². The first kappa shape index (κ1) is 34.4. The molecule has 0 saturated carbocycles. The summed E-state index contributed by atoms with van der Waals surface area (Å²) in [5.41, 5.74) is 0. The Morgan fingerprint density at radius 2 is 1.07 bits per heavy atom. The quantitative estimate of drug-likeness (QED) is 0.116. The summed E-state index contributed by atoms with van der Waals surface area (Å²) < 4.78 is 28.6. The second kappa shape index (κ2) is 14.6. The van der Waals surface area contributed by atoms with Crippen LogP contribution < -0.4 is 16.0 Å². The molecule has 18 nitrogen and oxygen atoms in total. The van der Waals surface area contributed by atoms with Crippen molar-refractivity contribution in [3.8, 4) is 0 Å². The number of carbonyl (C=O) groups excluding carboxylic acids is 3. The Balaban J connectivity index is 1.96. The number of hydrogen-bond donors (Lipinski definition) is 10. The minimum absolute atomic E-state index is 0.614. The van der Waals surface area contributed by atoms with Crippen LogP contribution in [0.1, 0.15) is 27.7 Å². The van der Waals surface area contributed by atoms with Gasteiger partial charge in [0.1, 0.15) is 67.0 Å². The Labute approximate surface area is 240 Å². The van der Waals surface area contributed by atoms with E-state index in [9.17, 15) is 50.1 Å². The van der Waals surface area contributed by atoms with Crippen LogP contribution in [0, 0.1) is 0 Å². The van der Waals surface area contributed by atoms with Crippen molar-refractivity contribution in [1.82, 2.24) is 16.0 Å². The van der Waals surface area contributed by atoms with Crippen LogP contribution in [-0.2, 0) is 38.1 Å². The Bertz CT molecular complexity index is 945. The van der Waals surface area contributed by atoms with Crippen LogP contribution in [0.4, 0.5) is 0 Å². The highest BCUT2D eigenvalue weighted by molar-refractivity contribution is 5.74. The van der Waals surface area contributed by atoms with Crippen LogP contribution in [0.25, 0.3) is 0 Å². The summed E-state index contributed by atoms with van der Waals surface area (Å²) in [6.45, 7) is 3.40. The predicted octanol–water partition coefficient (Wildman–Crippen LogP) is -6.11. The lowest BCUT2D eigenvalue weighted by atomic mass is 9.93. The molecule has 3 heterocycles. The van der Waals surface area contributed by atoms with E-state index in [2.05, 4.69) is 16.0 Å². The summed E-state index contributed by atoms with van der Waals surface area (Å²) in [7, 11) is 0. The van der Waals surface area contributed by atoms with Crippen molar-refractivity contribution in [2.45, 2.75) is 120 Å². The van der Waals surface area contributed by atoms with Gasteiger partial charge in [0.2, 0.25) is 17.7 Å². The minimum Gasteiger partial charge on any atom is -0.394 e. The van der Waals surface area contributed by atoms with Gasteiger partial charge < -0.3 is 75.4 Å². The van der Waals surface area contributed by atoms with E-state index in [4.69, 9.17) is 23.7 Å². The number of aliphatic hydroxyl groups excluding tert-OH is 7. The molecule has 0 aromatic carbocycles. The maximum Gasteiger partial charge on any atom is 0.217 e. The molecule has 0 aromatic rings. The Morgan fingerprint density at radius 1 is 0.619 bits per heavy atom. The third-order valence-corrected chi connectivity index (χ3v) is 7.26. The molecule has 0 radical (unpaired) electrons. The molecule has 3 amide bonds. The second-order valence-electron chi connectivity index (χ2n) is 10.5. The smallest absolute Gasteiger partial charge is 0.217 e. The van der Waals surface area contributed by atoms with E-state index in [1.54, 1.807) is 0 Å². The zero-order valence-electron chi connectivity index (χ0n) is 23.5. The standard InChI is InChI=1S/C24H41N3O15/c1-7-16(33)21(42-23-13(25-8(2)30)19(36)17(34)11(5-28)40-23)15(27-10(4)32)24(38-7)41-20-14(26-9(3)31)22(37)39-12(6-29)18(20)35/h7,11-24,28-29,33-37H,5-6H2,1-4H3,(H,25,30)(H,26,31)(H,27,32)/t7-,11+,12+,13+,14+,15-,16-,17+,18+,19+,20+,21-,22-,23+,24-/m0/s1. The lowest BCUT2D eigenvalue weighted by Crippen LogP contribution is -2.71. The zero-order chi connectivity index (χ0) is 31.5. The largest absolute Gasteiger partial charge is 0.394 e. The van der Waals surface area contributed by atoms with Gasteiger partial charge >= 0.3 is 0 Å². The molecule has 242 valence electrons. The van der Waals surface area contributed by atoms with Crippen LogP contribution in [0.15, 0.2) is 0 Å². The lowest BCUT2D eigenvalue weighted by molar-refractivity contribution is -0.343. The van der Waals surface area contributed by atoms with E-state index in [-0.39, 0.29) is 0 Å². The highest BCUT2D eigenvalue weighted by Gasteiger charge is 2.54. The van der Waals surface area contributed by atoms with E-state index in [1.165, 1.54) is 6.92 Å². The van der Waals surface area contributed by atoms with Crippen LogP contribution >= 0.6 is 0 Å². The molecule has 18 heteroatoms. The van der Waals surface area contributed by atoms with Crippen LogP contribution in [0.3, 0.4) is 0 Å². The topological polar surface area (TPSA) is 275 Å². The molecule has 3 rings (SSSR count). The average molecular weight is 612 g/mol. The predicted molar refractivity (Wildman–Crippen MR) is 135 cm³/mol. The van der Waals surface area contributed by atoms with Crippen molar-refractivity contribution in [3.05, 3.63) is 0 Å². The van der Waals surface area contributed by atoms with Gasteiger partial charge in [-0.2, -0.15) is 0 Å². The number of ether oxygens (including phenoxy) is 5. The minimum atomic E-state index is -1.73. The molecular formula is C24H41N3O15. The van der Waals surface area contributed by atoms with Gasteiger partial charge in [-0.3, -0.25) is 14.4 Å². The molecule has 3 fully saturated rings. The van der Waals surface area contributed by atoms with Crippen LogP contribution in [0.5, 0.6) is 0 Å². The fourth-order valence-electron chi connectivity index (χ4n) is 5.21. The van der Waals surface area contributed by atoms with Crippen molar-refractivity contribution in [1.29, 1.82) is 0 Å². The first-order chi connectivity index (χ1) is 19.7. The van der Waals surface area contributed by atoms with Crippen molar-refractivity contribution in [2.24, 2.45) is 0 Å². The number of aliphatic hydroxyl groups is 7. The van der Waals surface area contributed by atoms with Crippen molar-refractivity contribution >= 4 is 17.7 Å². The third-order valence-electron chi connectivity index (χ3n) is 7.26. The van der Waals surface area contributed by atoms with E-state index in [0.717, 1.165) is 20.8 Å². The number of nitrogens with one attached hydrogen (secondary N) is 3. The normalized spacial score (nSPS) is 44.2. The summed E-state index contributed by atoms with van der Waals surface area (Å²) in [4.78, 5) is 35.9. The van der Waals surface area contributed by atoms with Crippen molar-refractivity contribution < 1.29 is 73.8 Å². The first-order valence-electron chi connectivity index (χ1n) is 13.4. The van der Waals surface area contributed by atoms with E-state index < -0.39 is 123 Å². The van der Waals surface area contributed by atoms with Gasteiger partial charge in [-0.05, 0) is 6.92 Å². The Hall–Kier alpha value is -2.07. The molecule has 10 N–H and O–H groups in total. The molecule has 15 atom stereocenters. The summed E-state index contributed by atoms with van der Waals surface area (Å²) >= 11 is 0. The van der Waals surface area contributed by atoms with Gasteiger partial charge in [-0.15, -0.1) is 0 Å². The van der Waals surface area contributed by atoms with Crippen molar-refractivity contribution in [2.75, 3.05) is 13.2 Å². The summed E-state index contributed by atoms with van der Waals surface area (Å²) in [5.74, 6) is -1.88. The van der Waals surface area contributed by atoms with Gasteiger partial charge in [0.25, 0.3) is 0 Å². The van der Waals surface area contributed by atoms with E-state index in [1.807, 2.05) is 0 Å². The van der Waals surface area contributed by atoms with Gasteiger partial charge in [0.15, 0.2) is 18.9 Å². The Morgan fingerprint density at radius 3 is 1.60 bits per heavy atom. The molecule has 0 unspecified atom stereocenters. The molecule has 0 bridgehead atoms. The summed E-state index contributed by atoms with van der Waals surface area (Å²) in [6.07, 6.45) is -17.9. The van der Waals surface area contributed by atoms with E-state index >= 15 is 0 Å². The molecule has 3 aliphatic heterocycles. The SMILES string of the molecule is CC(=O)N[C@@H]1[C@H](O[C@H]2[C@H](O)[C@@H](CO)O[C@H](O)[C@@H]2NC(C)=O)O[C@@H](C)[C@H](O)[C@H]1O[C@H]1O[C@H](CO)[C@@H](O)[C@H](O)[C@H]1NC(C)=O. The molecule has 0 aromatic heterocycles. The molecule has 3 aliphatic rings. The zero-order valence-corrected chi connectivity index (χ0v) is 23.5. The van der Waals surface area contributed by atoms with Crippen molar-refractivity contribution in [3.63, 3.8) is 0 Å². The molecule has 3 saturated heterocycles. The lowest BCUT2D eigenvalue weighted by Gasteiger charge is -2.50. The Kier molecular flexibility index (Phi) is 12.0. The average Bonchev–Trinajstić information content (AvgIpc) is 2.91. The molecule has 0 spiro atoms. The van der Waals surface area contributed by atoms with Gasteiger partial charge in [-0.1, -0.05) is 0 Å². The monoisotopic (exact) mass is 611 g/mol. The number of amides is 3. The maximum absolute atomic E-state index is 12.3. The highest BCUT2D eigenvalue weighted by Crippen LogP contribution is 2.32. The summed E-state index contributed by atoms with van der Waals surface area (Å²) in [5, 5.41) is 80.0. The highest BCUT2D eigenvalue weighted by atomic mass is 16.7. The maximum atomic E-state index is 12.3. The number of rotatable bonds is 9. The second-order valence-corrected chi connectivity index (χ2v) is 10.5. The molecular weight excluding hydrogens is 570 g/mol.